The van der Waals surface area contributed by atoms with E-state index in [0.717, 1.165) is 49.7 Å². The second kappa shape index (κ2) is 8.60. The van der Waals surface area contributed by atoms with Crippen molar-refractivity contribution in [3.05, 3.63) is 53.1 Å². The van der Waals surface area contributed by atoms with Crippen molar-refractivity contribution >= 4 is 0 Å². The van der Waals surface area contributed by atoms with Gasteiger partial charge in [0.2, 0.25) is 5.82 Å². The highest BCUT2D eigenvalue weighted by molar-refractivity contribution is 5.71. The molecule has 0 aromatic heterocycles. The highest BCUT2D eigenvalue weighted by Crippen LogP contribution is 2.45. The first-order valence-electron chi connectivity index (χ1n) is 11.0. The Morgan fingerprint density at radius 1 is 0.667 bits per heavy atom. The van der Waals surface area contributed by atoms with E-state index < -0.39 is 29.0 Å². The average molecular weight is 420 g/mol. The molecule has 30 heavy (non-hydrogen) atoms. The summed E-state index contributed by atoms with van der Waals surface area (Å²) in [4.78, 5) is 0. The van der Waals surface area contributed by atoms with Gasteiger partial charge >= 0.3 is 0 Å². The first-order chi connectivity index (χ1) is 14.4. The van der Waals surface area contributed by atoms with Gasteiger partial charge in [-0.2, -0.15) is 4.39 Å². The van der Waals surface area contributed by atoms with E-state index in [1.807, 2.05) is 0 Å². The molecular formula is C25H28F4O. The van der Waals surface area contributed by atoms with Gasteiger partial charge in [-0.3, -0.25) is 0 Å². The van der Waals surface area contributed by atoms with Crippen molar-refractivity contribution in [2.45, 2.75) is 64.2 Å². The maximum Gasteiger partial charge on any atom is 0.200 e. The summed E-state index contributed by atoms with van der Waals surface area (Å²) in [6.07, 6.45) is 8.90. The minimum absolute atomic E-state index is 0.0362. The Morgan fingerprint density at radius 3 is 1.87 bits per heavy atom. The summed E-state index contributed by atoms with van der Waals surface area (Å²) in [6.45, 7) is 2.31. The molecule has 0 atom stereocenters. The number of phenolic OH excluding ortho intramolecular Hbond substituents is 1. The molecule has 0 bridgehead atoms. The van der Waals surface area contributed by atoms with Gasteiger partial charge < -0.3 is 5.11 Å². The predicted octanol–water partition coefficient (Wildman–Crippen LogP) is 7.72. The predicted molar refractivity (Wildman–Crippen MR) is 109 cm³/mol. The first kappa shape index (κ1) is 21.2. The Bertz CT molecular complexity index is 910. The SMILES string of the molecule is CC1CCC(C2CCC(c3ccc(-c4ccc(F)c(F)c4O)c(F)c3F)CC2)CC1. The van der Waals surface area contributed by atoms with Gasteiger partial charge in [-0.25, -0.2) is 13.2 Å². The van der Waals surface area contributed by atoms with Gasteiger partial charge in [0.15, 0.2) is 23.2 Å². The number of benzene rings is 2. The fourth-order valence-corrected chi connectivity index (χ4v) is 5.50. The molecule has 2 aromatic carbocycles. The third-order valence-electron chi connectivity index (χ3n) is 7.41. The van der Waals surface area contributed by atoms with Crippen LogP contribution in [0.15, 0.2) is 24.3 Å². The van der Waals surface area contributed by atoms with E-state index >= 15 is 0 Å². The third kappa shape index (κ3) is 3.95. The molecule has 0 aliphatic heterocycles. The van der Waals surface area contributed by atoms with E-state index in [4.69, 9.17) is 0 Å². The van der Waals surface area contributed by atoms with Crippen LogP contribution in [0.1, 0.15) is 69.8 Å². The van der Waals surface area contributed by atoms with Crippen LogP contribution in [-0.4, -0.2) is 5.11 Å². The lowest BCUT2D eigenvalue weighted by Gasteiger charge is -2.37. The van der Waals surface area contributed by atoms with Crippen molar-refractivity contribution in [3.63, 3.8) is 0 Å². The lowest BCUT2D eigenvalue weighted by molar-refractivity contribution is 0.164. The summed E-state index contributed by atoms with van der Waals surface area (Å²) >= 11 is 0. The number of hydrogen-bond acceptors (Lipinski definition) is 1. The molecule has 162 valence electrons. The number of halogens is 4. The van der Waals surface area contributed by atoms with Crippen LogP contribution in [0.5, 0.6) is 5.75 Å². The summed E-state index contributed by atoms with van der Waals surface area (Å²) in [5.41, 5.74) is -0.182. The summed E-state index contributed by atoms with van der Waals surface area (Å²) in [5, 5.41) is 9.83. The number of hydrogen-bond donors (Lipinski definition) is 1. The largest absolute Gasteiger partial charge is 0.504 e. The van der Waals surface area contributed by atoms with Crippen molar-refractivity contribution in [1.82, 2.24) is 0 Å². The fourth-order valence-electron chi connectivity index (χ4n) is 5.50. The molecule has 2 fully saturated rings. The van der Waals surface area contributed by atoms with Crippen LogP contribution in [0.2, 0.25) is 0 Å². The Balaban J connectivity index is 1.50. The summed E-state index contributed by atoms with van der Waals surface area (Å²) in [6, 6.07) is 4.74. The zero-order chi connectivity index (χ0) is 21.4. The second-order valence-electron chi connectivity index (χ2n) is 9.22. The van der Waals surface area contributed by atoms with E-state index in [2.05, 4.69) is 6.92 Å². The van der Waals surface area contributed by atoms with Gasteiger partial charge in [0.25, 0.3) is 0 Å². The van der Waals surface area contributed by atoms with Crippen LogP contribution in [0.4, 0.5) is 17.6 Å². The molecule has 0 amide bonds. The number of phenols is 1. The fraction of sp³-hybridized carbons (Fsp3) is 0.520. The van der Waals surface area contributed by atoms with Gasteiger partial charge in [0.1, 0.15) is 0 Å². The highest BCUT2D eigenvalue weighted by atomic mass is 19.2. The van der Waals surface area contributed by atoms with Crippen molar-refractivity contribution in [2.75, 3.05) is 0 Å². The monoisotopic (exact) mass is 420 g/mol. The molecule has 4 rings (SSSR count). The molecule has 2 aliphatic rings. The summed E-state index contributed by atoms with van der Waals surface area (Å²) < 4.78 is 56.6. The van der Waals surface area contributed by atoms with Crippen molar-refractivity contribution in [1.29, 1.82) is 0 Å². The Hall–Kier alpha value is -2.04. The smallest absolute Gasteiger partial charge is 0.200 e. The Morgan fingerprint density at radius 2 is 1.23 bits per heavy atom. The van der Waals surface area contributed by atoms with E-state index in [1.54, 1.807) is 0 Å². The van der Waals surface area contributed by atoms with E-state index in [1.165, 1.54) is 37.8 Å². The molecule has 1 N–H and O–H groups in total. The minimum atomic E-state index is -1.47. The highest BCUT2D eigenvalue weighted by Gasteiger charge is 2.32. The zero-order valence-corrected chi connectivity index (χ0v) is 17.2. The Kier molecular flexibility index (Phi) is 6.08. The first-order valence-corrected chi connectivity index (χ1v) is 11.0. The molecule has 0 radical (unpaired) electrons. The van der Waals surface area contributed by atoms with Crippen LogP contribution < -0.4 is 0 Å². The maximum atomic E-state index is 14.9. The van der Waals surface area contributed by atoms with Crippen molar-refractivity contribution < 1.29 is 22.7 Å². The second-order valence-corrected chi connectivity index (χ2v) is 9.22. The molecule has 2 aliphatic carbocycles. The summed E-state index contributed by atoms with van der Waals surface area (Å²) in [5.74, 6) is -3.56. The van der Waals surface area contributed by atoms with Crippen LogP contribution in [0.25, 0.3) is 11.1 Å². The molecule has 0 spiro atoms. The molecule has 2 saturated carbocycles. The normalized spacial score (nSPS) is 27.2. The number of rotatable bonds is 3. The van der Waals surface area contributed by atoms with Gasteiger partial charge in [0.05, 0.1) is 0 Å². The van der Waals surface area contributed by atoms with Gasteiger partial charge in [-0.15, -0.1) is 0 Å². The van der Waals surface area contributed by atoms with E-state index in [-0.39, 0.29) is 17.0 Å². The number of aromatic hydroxyl groups is 1. The van der Waals surface area contributed by atoms with E-state index in [0.29, 0.717) is 11.5 Å². The average Bonchev–Trinajstić information content (AvgIpc) is 2.75. The van der Waals surface area contributed by atoms with E-state index in [9.17, 15) is 22.7 Å². The van der Waals surface area contributed by atoms with Crippen LogP contribution in [0, 0.1) is 41.0 Å². The molecule has 0 unspecified atom stereocenters. The van der Waals surface area contributed by atoms with Crippen molar-refractivity contribution in [2.24, 2.45) is 17.8 Å². The van der Waals surface area contributed by atoms with Gasteiger partial charge in [-0.05, 0) is 79.9 Å². The molecule has 0 heterocycles. The van der Waals surface area contributed by atoms with Crippen molar-refractivity contribution in [3.8, 4) is 16.9 Å². The third-order valence-corrected chi connectivity index (χ3v) is 7.41. The molecule has 1 nitrogen and oxygen atoms in total. The maximum absolute atomic E-state index is 14.9. The van der Waals surface area contributed by atoms with Crippen LogP contribution >= 0.6 is 0 Å². The quantitative estimate of drug-likeness (QED) is 0.504. The molecule has 5 heteroatoms. The topological polar surface area (TPSA) is 20.2 Å². The summed E-state index contributed by atoms with van der Waals surface area (Å²) in [7, 11) is 0. The van der Waals surface area contributed by atoms with Crippen LogP contribution in [0.3, 0.4) is 0 Å². The minimum Gasteiger partial charge on any atom is -0.504 e. The Labute approximate surface area is 175 Å². The lowest BCUT2D eigenvalue weighted by atomic mass is 9.68. The molecular weight excluding hydrogens is 392 g/mol. The van der Waals surface area contributed by atoms with Gasteiger partial charge in [-0.1, -0.05) is 31.9 Å². The standard InChI is InChI=1S/C25H28F4O/c1-14-2-4-15(5-3-14)16-6-8-17(9-7-16)18-10-11-19(23(28)22(18)27)20-12-13-21(26)24(29)25(20)30/h10-17,30H,2-9H2,1H3. The van der Waals surface area contributed by atoms with Gasteiger partial charge in [0, 0.05) is 11.1 Å². The lowest BCUT2D eigenvalue weighted by Crippen LogP contribution is -2.25. The molecule has 0 saturated heterocycles. The van der Waals surface area contributed by atoms with Crippen LogP contribution in [-0.2, 0) is 0 Å². The molecule has 2 aromatic rings. The zero-order valence-electron chi connectivity index (χ0n) is 17.2.